The Morgan fingerprint density at radius 1 is 1.28 bits per heavy atom. The third-order valence-electron chi connectivity index (χ3n) is 5.95. The summed E-state index contributed by atoms with van der Waals surface area (Å²) in [7, 11) is 1.58. The molecular formula is C20H28N6O3. The maximum absolute atomic E-state index is 13.4. The van der Waals surface area contributed by atoms with Crippen molar-refractivity contribution in [3.63, 3.8) is 0 Å². The van der Waals surface area contributed by atoms with E-state index >= 15 is 0 Å². The van der Waals surface area contributed by atoms with Crippen LogP contribution >= 0.6 is 0 Å². The Balaban J connectivity index is 1.59. The van der Waals surface area contributed by atoms with Gasteiger partial charge in [-0.15, -0.1) is 0 Å². The van der Waals surface area contributed by atoms with Crippen molar-refractivity contribution in [2.75, 3.05) is 44.8 Å². The van der Waals surface area contributed by atoms with Gasteiger partial charge >= 0.3 is 6.03 Å². The van der Waals surface area contributed by atoms with Gasteiger partial charge < -0.3 is 14.5 Å². The topological polar surface area (TPSA) is 94.7 Å². The van der Waals surface area contributed by atoms with Crippen LogP contribution in [0.25, 0.3) is 11.0 Å². The van der Waals surface area contributed by atoms with E-state index in [0.717, 1.165) is 16.7 Å². The van der Waals surface area contributed by atoms with Crippen LogP contribution in [-0.4, -0.2) is 82.4 Å². The number of aromatic amines is 1. The van der Waals surface area contributed by atoms with Gasteiger partial charge in [0.1, 0.15) is 5.54 Å². The number of anilines is 1. The number of aromatic nitrogens is 3. The smallest absolute Gasteiger partial charge is 0.327 e. The third kappa shape index (κ3) is 3.23. The number of nitrogens with one attached hydrogen (secondary N) is 1. The Morgan fingerprint density at radius 3 is 2.72 bits per heavy atom. The molecule has 29 heavy (non-hydrogen) atoms. The number of carbonyl (C=O) groups excluding carboxylic acids is 2. The van der Waals surface area contributed by atoms with Crippen LogP contribution in [0.4, 0.5) is 10.5 Å². The second-order valence-electron chi connectivity index (χ2n) is 8.22. The SMILES string of the molecule is COCCN1C(=O)N(CC(C)C)C2(CCN(c3ccnc4[nH]ncc34)CC2)C1=O. The second-order valence-corrected chi connectivity index (χ2v) is 8.22. The summed E-state index contributed by atoms with van der Waals surface area (Å²) in [6.07, 6.45) is 4.76. The zero-order chi connectivity index (χ0) is 20.6. The summed E-state index contributed by atoms with van der Waals surface area (Å²) in [4.78, 5) is 36.2. The number of imide groups is 1. The first-order valence-electron chi connectivity index (χ1n) is 10.1. The number of urea groups is 1. The molecule has 2 aromatic rings. The molecule has 1 N–H and O–H groups in total. The number of carbonyl (C=O) groups is 2. The molecule has 0 atom stereocenters. The average Bonchev–Trinajstić information content (AvgIpc) is 3.26. The van der Waals surface area contributed by atoms with E-state index in [1.807, 2.05) is 11.0 Å². The van der Waals surface area contributed by atoms with Crippen LogP contribution in [0, 0.1) is 5.92 Å². The van der Waals surface area contributed by atoms with Crippen LogP contribution < -0.4 is 4.90 Å². The van der Waals surface area contributed by atoms with Crippen molar-refractivity contribution in [3.05, 3.63) is 18.5 Å². The van der Waals surface area contributed by atoms with Crippen LogP contribution in [0.15, 0.2) is 18.5 Å². The second kappa shape index (κ2) is 7.62. The summed E-state index contributed by atoms with van der Waals surface area (Å²) < 4.78 is 5.11. The molecule has 0 radical (unpaired) electrons. The summed E-state index contributed by atoms with van der Waals surface area (Å²) in [5.74, 6) is 0.206. The zero-order valence-electron chi connectivity index (χ0n) is 17.2. The van der Waals surface area contributed by atoms with E-state index in [0.29, 0.717) is 45.6 Å². The molecule has 156 valence electrons. The molecule has 2 aliphatic heterocycles. The lowest BCUT2D eigenvalue weighted by molar-refractivity contribution is -0.134. The molecule has 2 saturated heterocycles. The van der Waals surface area contributed by atoms with Crippen LogP contribution in [0.3, 0.4) is 0 Å². The largest absolute Gasteiger partial charge is 0.383 e. The number of fused-ring (bicyclic) bond motifs is 1. The van der Waals surface area contributed by atoms with Crippen LogP contribution in [0.5, 0.6) is 0 Å². The first-order valence-corrected chi connectivity index (χ1v) is 10.1. The molecule has 9 nitrogen and oxygen atoms in total. The minimum atomic E-state index is -0.756. The number of piperidine rings is 1. The molecule has 3 amide bonds. The van der Waals surface area contributed by atoms with Gasteiger partial charge in [0, 0.05) is 32.9 Å². The number of nitrogens with zero attached hydrogens (tertiary/aromatic N) is 5. The Bertz CT molecular complexity index is 903. The number of ether oxygens (including phenoxy) is 1. The number of rotatable bonds is 6. The lowest BCUT2D eigenvalue weighted by Gasteiger charge is -2.43. The van der Waals surface area contributed by atoms with E-state index in [1.54, 1.807) is 19.5 Å². The van der Waals surface area contributed by atoms with Gasteiger partial charge in [0.15, 0.2) is 5.65 Å². The van der Waals surface area contributed by atoms with Crippen molar-refractivity contribution < 1.29 is 14.3 Å². The standard InChI is InChI=1S/C20H28N6O3/c1-14(2)13-26-19(28)25(10-11-29-3)18(27)20(26)5-8-24(9-6-20)16-4-7-21-17-15(16)12-22-23-17/h4,7,12,14H,5-6,8-11,13H2,1-3H3,(H,21,22,23). The number of hydrogen-bond acceptors (Lipinski definition) is 6. The summed E-state index contributed by atoms with van der Waals surface area (Å²) >= 11 is 0. The van der Waals surface area contributed by atoms with Crippen molar-refractivity contribution in [1.82, 2.24) is 25.0 Å². The Hall–Kier alpha value is -2.68. The minimum Gasteiger partial charge on any atom is -0.383 e. The molecule has 9 heteroatoms. The summed E-state index contributed by atoms with van der Waals surface area (Å²) in [6, 6.07) is 1.80. The first kappa shape index (κ1) is 19.6. The number of hydrogen-bond donors (Lipinski definition) is 1. The van der Waals surface area contributed by atoms with Crippen molar-refractivity contribution in [1.29, 1.82) is 0 Å². The van der Waals surface area contributed by atoms with E-state index in [-0.39, 0.29) is 17.9 Å². The fourth-order valence-electron chi connectivity index (χ4n) is 4.49. The minimum absolute atomic E-state index is 0.0805. The number of amides is 3. The fraction of sp³-hybridized carbons (Fsp3) is 0.600. The van der Waals surface area contributed by atoms with Gasteiger partial charge in [0.25, 0.3) is 5.91 Å². The monoisotopic (exact) mass is 400 g/mol. The zero-order valence-corrected chi connectivity index (χ0v) is 17.2. The summed E-state index contributed by atoms with van der Waals surface area (Å²) in [6.45, 7) is 6.76. The van der Waals surface area contributed by atoms with Gasteiger partial charge in [-0.1, -0.05) is 13.8 Å². The lowest BCUT2D eigenvalue weighted by Crippen LogP contribution is -2.57. The Morgan fingerprint density at radius 2 is 2.03 bits per heavy atom. The number of H-pyrrole nitrogens is 1. The highest BCUT2D eigenvalue weighted by Crippen LogP contribution is 2.39. The molecule has 2 aliphatic rings. The van der Waals surface area contributed by atoms with E-state index in [9.17, 15) is 9.59 Å². The van der Waals surface area contributed by atoms with E-state index < -0.39 is 5.54 Å². The Kier molecular flexibility index (Phi) is 5.16. The highest BCUT2D eigenvalue weighted by molar-refractivity contribution is 6.07. The van der Waals surface area contributed by atoms with Gasteiger partial charge in [-0.05, 0) is 24.8 Å². The lowest BCUT2D eigenvalue weighted by atomic mass is 9.85. The normalized spacial score (nSPS) is 19.4. The maximum atomic E-state index is 13.4. The molecule has 2 fully saturated rings. The molecule has 0 unspecified atom stereocenters. The average molecular weight is 400 g/mol. The van der Waals surface area contributed by atoms with Crippen LogP contribution in [0.2, 0.25) is 0 Å². The quantitative estimate of drug-likeness (QED) is 0.744. The molecule has 0 saturated carbocycles. The Labute approximate surface area is 170 Å². The molecular weight excluding hydrogens is 372 g/mol. The van der Waals surface area contributed by atoms with Gasteiger partial charge in [-0.2, -0.15) is 5.10 Å². The van der Waals surface area contributed by atoms with E-state index in [2.05, 4.69) is 33.9 Å². The third-order valence-corrected chi connectivity index (χ3v) is 5.95. The van der Waals surface area contributed by atoms with Crippen LogP contribution in [-0.2, 0) is 9.53 Å². The van der Waals surface area contributed by atoms with Crippen molar-refractivity contribution in [2.45, 2.75) is 32.2 Å². The van der Waals surface area contributed by atoms with Crippen molar-refractivity contribution in [2.24, 2.45) is 5.92 Å². The molecule has 0 aromatic carbocycles. The van der Waals surface area contributed by atoms with Gasteiger partial charge in [0.2, 0.25) is 0 Å². The predicted molar refractivity (Wildman–Crippen MR) is 109 cm³/mol. The fourth-order valence-corrected chi connectivity index (χ4v) is 4.49. The predicted octanol–water partition coefficient (Wildman–Crippen LogP) is 1.86. The van der Waals surface area contributed by atoms with E-state index in [1.165, 1.54) is 4.90 Å². The number of methoxy groups -OCH3 is 1. The molecule has 4 heterocycles. The molecule has 0 aliphatic carbocycles. The highest BCUT2D eigenvalue weighted by Gasteiger charge is 2.57. The highest BCUT2D eigenvalue weighted by atomic mass is 16.5. The van der Waals surface area contributed by atoms with Gasteiger partial charge in [0.05, 0.1) is 30.4 Å². The maximum Gasteiger partial charge on any atom is 0.327 e. The molecule has 2 aromatic heterocycles. The van der Waals surface area contributed by atoms with E-state index in [4.69, 9.17) is 4.74 Å². The van der Waals surface area contributed by atoms with Gasteiger partial charge in [-0.3, -0.25) is 14.8 Å². The molecule has 0 bridgehead atoms. The molecule has 4 rings (SSSR count). The number of pyridine rings is 1. The van der Waals surface area contributed by atoms with Crippen molar-refractivity contribution >= 4 is 28.7 Å². The summed E-state index contributed by atoms with van der Waals surface area (Å²) in [5, 5.41) is 7.96. The van der Waals surface area contributed by atoms with Crippen molar-refractivity contribution in [3.8, 4) is 0 Å². The van der Waals surface area contributed by atoms with Crippen LogP contribution in [0.1, 0.15) is 26.7 Å². The summed E-state index contributed by atoms with van der Waals surface area (Å²) in [5.41, 5.74) is 1.05. The van der Waals surface area contributed by atoms with Gasteiger partial charge in [-0.25, -0.2) is 9.78 Å². The molecule has 1 spiro atoms. The first-order chi connectivity index (χ1) is 14.0.